The fourth-order valence-corrected chi connectivity index (χ4v) is 2.54. The molecule has 20 heavy (non-hydrogen) atoms. The molecule has 1 aromatic rings. The predicted molar refractivity (Wildman–Crippen MR) is 82.4 cm³/mol. The molecule has 1 aliphatic heterocycles. The van der Waals surface area contributed by atoms with Crippen LogP contribution in [0.5, 0.6) is 5.75 Å². The summed E-state index contributed by atoms with van der Waals surface area (Å²) in [5.41, 5.74) is 5.67. The van der Waals surface area contributed by atoms with E-state index in [2.05, 4.69) is 4.90 Å². The summed E-state index contributed by atoms with van der Waals surface area (Å²) in [6.45, 7) is 4.37. The van der Waals surface area contributed by atoms with Crippen molar-refractivity contribution in [1.82, 2.24) is 4.90 Å². The van der Waals surface area contributed by atoms with Crippen LogP contribution in [0.1, 0.15) is 12.8 Å². The number of nitrogens with zero attached hydrogens (tertiary/aromatic N) is 1. The first-order valence-electron chi connectivity index (χ1n) is 6.69. The standard InChI is InChI=1S/C14H20ClFN2O.ClH/c15-13-9-12(16)1-2-14(13)19-8-7-18-5-3-11(10-17)4-6-18;/h1-2,9,11H,3-8,10,17H2;1H. The van der Waals surface area contributed by atoms with E-state index in [0.717, 1.165) is 39.0 Å². The van der Waals surface area contributed by atoms with Crippen LogP contribution >= 0.6 is 24.0 Å². The van der Waals surface area contributed by atoms with E-state index in [1.54, 1.807) is 6.07 Å². The highest BCUT2D eigenvalue weighted by molar-refractivity contribution is 6.32. The number of hydrogen-bond donors (Lipinski definition) is 1. The number of piperidine rings is 1. The molecular formula is C14H21Cl2FN2O. The van der Waals surface area contributed by atoms with Gasteiger partial charge in [-0.3, -0.25) is 4.90 Å². The fraction of sp³-hybridized carbons (Fsp3) is 0.571. The fourth-order valence-electron chi connectivity index (χ4n) is 2.32. The van der Waals surface area contributed by atoms with E-state index >= 15 is 0 Å². The third-order valence-corrected chi connectivity index (χ3v) is 3.89. The summed E-state index contributed by atoms with van der Waals surface area (Å²) in [5, 5.41) is 0.321. The van der Waals surface area contributed by atoms with Crippen LogP contribution in [-0.4, -0.2) is 37.7 Å². The monoisotopic (exact) mass is 322 g/mol. The van der Waals surface area contributed by atoms with Crippen molar-refractivity contribution in [3.8, 4) is 5.75 Å². The summed E-state index contributed by atoms with van der Waals surface area (Å²) < 4.78 is 18.5. The Kier molecular flexibility index (Phi) is 7.59. The Morgan fingerprint density at radius 1 is 1.35 bits per heavy atom. The Bertz CT molecular complexity index is 412. The van der Waals surface area contributed by atoms with Gasteiger partial charge in [0.05, 0.1) is 5.02 Å². The first kappa shape index (κ1) is 17.5. The first-order valence-corrected chi connectivity index (χ1v) is 7.07. The highest BCUT2D eigenvalue weighted by Gasteiger charge is 2.17. The molecule has 1 heterocycles. The molecule has 3 nitrogen and oxygen atoms in total. The van der Waals surface area contributed by atoms with Crippen LogP contribution in [0.25, 0.3) is 0 Å². The summed E-state index contributed by atoms with van der Waals surface area (Å²) in [7, 11) is 0. The SMILES string of the molecule is Cl.NCC1CCN(CCOc2ccc(F)cc2Cl)CC1. The lowest BCUT2D eigenvalue weighted by molar-refractivity contribution is 0.157. The van der Waals surface area contributed by atoms with Crippen LogP contribution in [0.3, 0.4) is 0 Å². The topological polar surface area (TPSA) is 38.5 Å². The van der Waals surface area contributed by atoms with E-state index < -0.39 is 0 Å². The molecule has 0 aliphatic carbocycles. The van der Waals surface area contributed by atoms with Crippen molar-refractivity contribution in [2.75, 3.05) is 32.8 Å². The quantitative estimate of drug-likeness (QED) is 0.905. The molecule has 1 aliphatic rings. The lowest BCUT2D eigenvalue weighted by atomic mass is 9.97. The van der Waals surface area contributed by atoms with Crippen LogP contribution in [0.15, 0.2) is 18.2 Å². The van der Waals surface area contributed by atoms with Gasteiger partial charge in [-0.2, -0.15) is 0 Å². The highest BCUT2D eigenvalue weighted by atomic mass is 35.5. The van der Waals surface area contributed by atoms with Crippen molar-refractivity contribution in [2.24, 2.45) is 11.7 Å². The van der Waals surface area contributed by atoms with Crippen molar-refractivity contribution >= 4 is 24.0 Å². The molecule has 6 heteroatoms. The molecule has 1 saturated heterocycles. The lowest BCUT2D eigenvalue weighted by Crippen LogP contribution is -2.38. The molecule has 0 amide bonds. The van der Waals surface area contributed by atoms with Crippen LogP contribution in [-0.2, 0) is 0 Å². The van der Waals surface area contributed by atoms with Crippen molar-refractivity contribution < 1.29 is 9.13 Å². The van der Waals surface area contributed by atoms with E-state index in [-0.39, 0.29) is 18.2 Å². The largest absolute Gasteiger partial charge is 0.491 e. The number of benzene rings is 1. The number of rotatable bonds is 5. The first-order chi connectivity index (χ1) is 9.19. The molecule has 0 aromatic heterocycles. The van der Waals surface area contributed by atoms with Gasteiger partial charge in [-0.1, -0.05) is 11.6 Å². The number of hydrogen-bond acceptors (Lipinski definition) is 3. The molecule has 2 N–H and O–H groups in total. The molecular weight excluding hydrogens is 302 g/mol. The zero-order chi connectivity index (χ0) is 13.7. The molecule has 0 spiro atoms. The van der Waals surface area contributed by atoms with Crippen LogP contribution in [0.2, 0.25) is 5.02 Å². The van der Waals surface area contributed by atoms with E-state index in [1.165, 1.54) is 12.1 Å². The van der Waals surface area contributed by atoms with Crippen molar-refractivity contribution in [3.63, 3.8) is 0 Å². The maximum atomic E-state index is 12.9. The van der Waals surface area contributed by atoms with Gasteiger partial charge in [0.25, 0.3) is 0 Å². The molecule has 0 atom stereocenters. The molecule has 0 unspecified atom stereocenters. The van der Waals surface area contributed by atoms with E-state index in [4.69, 9.17) is 22.1 Å². The molecule has 1 aromatic carbocycles. The number of likely N-dealkylation sites (tertiary alicyclic amines) is 1. The highest BCUT2D eigenvalue weighted by Crippen LogP contribution is 2.24. The van der Waals surface area contributed by atoms with Crippen molar-refractivity contribution in [1.29, 1.82) is 0 Å². The Morgan fingerprint density at radius 3 is 2.65 bits per heavy atom. The maximum absolute atomic E-state index is 12.9. The average molecular weight is 323 g/mol. The van der Waals surface area contributed by atoms with Crippen LogP contribution in [0.4, 0.5) is 4.39 Å². The second kappa shape index (κ2) is 8.67. The molecule has 0 radical (unpaired) electrons. The second-order valence-corrected chi connectivity index (χ2v) is 5.35. The van der Waals surface area contributed by atoms with Gasteiger partial charge >= 0.3 is 0 Å². The minimum absolute atomic E-state index is 0. The Balaban J connectivity index is 0.00000200. The van der Waals surface area contributed by atoms with Crippen molar-refractivity contribution in [3.05, 3.63) is 29.0 Å². The molecule has 1 fully saturated rings. The summed E-state index contributed by atoms with van der Waals surface area (Å²) >= 11 is 5.90. The van der Waals surface area contributed by atoms with Gasteiger partial charge in [0, 0.05) is 6.54 Å². The van der Waals surface area contributed by atoms with Gasteiger partial charge in [0.2, 0.25) is 0 Å². The number of halogens is 3. The van der Waals surface area contributed by atoms with Gasteiger partial charge < -0.3 is 10.5 Å². The van der Waals surface area contributed by atoms with Crippen LogP contribution in [0, 0.1) is 11.7 Å². The van der Waals surface area contributed by atoms with Gasteiger partial charge in [0.15, 0.2) is 0 Å². The molecule has 114 valence electrons. The Labute approximate surface area is 130 Å². The minimum atomic E-state index is -0.346. The van der Waals surface area contributed by atoms with Gasteiger partial charge in [-0.25, -0.2) is 4.39 Å². The third kappa shape index (κ3) is 5.09. The van der Waals surface area contributed by atoms with E-state index in [0.29, 0.717) is 23.3 Å². The Morgan fingerprint density at radius 2 is 2.05 bits per heavy atom. The molecule has 0 saturated carbocycles. The van der Waals surface area contributed by atoms with Gasteiger partial charge in [-0.15, -0.1) is 12.4 Å². The van der Waals surface area contributed by atoms with Crippen molar-refractivity contribution in [2.45, 2.75) is 12.8 Å². The smallest absolute Gasteiger partial charge is 0.138 e. The van der Waals surface area contributed by atoms with E-state index in [9.17, 15) is 4.39 Å². The zero-order valence-electron chi connectivity index (χ0n) is 11.4. The van der Waals surface area contributed by atoms with Crippen LogP contribution < -0.4 is 10.5 Å². The zero-order valence-corrected chi connectivity index (χ0v) is 12.9. The number of nitrogens with two attached hydrogens (primary N) is 1. The molecule has 2 rings (SSSR count). The van der Waals surface area contributed by atoms with E-state index in [1.807, 2.05) is 0 Å². The van der Waals surface area contributed by atoms with Gasteiger partial charge in [-0.05, 0) is 56.6 Å². The summed E-state index contributed by atoms with van der Waals surface area (Å²) in [5.74, 6) is 0.866. The number of ether oxygens (including phenoxy) is 1. The normalized spacial score (nSPS) is 16.8. The minimum Gasteiger partial charge on any atom is -0.491 e. The summed E-state index contributed by atoms with van der Waals surface area (Å²) in [6, 6.07) is 4.19. The summed E-state index contributed by atoms with van der Waals surface area (Å²) in [6.07, 6.45) is 2.32. The maximum Gasteiger partial charge on any atom is 0.138 e. The third-order valence-electron chi connectivity index (χ3n) is 3.60. The average Bonchev–Trinajstić information content (AvgIpc) is 2.42. The second-order valence-electron chi connectivity index (χ2n) is 4.94. The summed E-state index contributed by atoms with van der Waals surface area (Å²) in [4.78, 5) is 2.36. The lowest BCUT2D eigenvalue weighted by Gasteiger charge is -2.31. The predicted octanol–water partition coefficient (Wildman–Crippen LogP) is 2.95. The van der Waals surface area contributed by atoms with Gasteiger partial charge in [0.1, 0.15) is 18.2 Å². The Hall–Kier alpha value is -0.550. The molecule has 0 bridgehead atoms.